The van der Waals surface area contributed by atoms with Gasteiger partial charge in [0.15, 0.2) is 0 Å². The van der Waals surface area contributed by atoms with Gasteiger partial charge in [0.05, 0.1) is 12.2 Å². The van der Waals surface area contributed by atoms with Crippen molar-refractivity contribution in [1.29, 1.82) is 5.26 Å². The number of rotatable bonds is 2. The largest absolute Gasteiger partial charge is 0.395 e. The van der Waals surface area contributed by atoms with Crippen molar-refractivity contribution in [3.05, 3.63) is 38.8 Å². The van der Waals surface area contributed by atoms with E-state index in [2.05, 4.69) is 28.7 Å². The second-order valence-electron chi connectivity index (χ2n) is 2.74. The van der Waals surface area contributed by atoms with E-state index in [1.54, 1.807) is 6.07 Å². The number of benzene rings is 1. The third kappa shape index (κ3) is 2.42. The molecule has 0 fully saturated rings. The van der Waals surface area contributed by atoms with E-state index in [4.69, 9.17) is 10.4 Å². The molecule has 1 radical (unpaired) electrons. The standard InChI is InChI=1S/C10H9INO/c1-7(6-13)8-2-3-10(11)9(4-8)5-12/h2-4,13H,6H2,1H3. The molecule has 1 N–H and O–H groups in total. The Morgan fingerprint density at radius 2 is 2.31 bits per heavy atom. The van der Waals surface area contributed by atoms with Crippen LogP contribution >= 0.6 is 22.6 Å². The molecule has 0 saturated heterocycles. The zero-order valence-corrected chi connectivity index (χ0v) is 9.37. The molecule has 0 aliphatic rings. The predicted molar refractivity (Wildman–Crippen MR) is 59.0 cm³/mol. The van der Waals surface area contributed by atoms with Gasteiger partial charge in [-0.3, -0.25) is 0 Å². The van der Waals surface area contributed by atoms with Gasteiger partial charge in [0.1, 0.15) is 6.07 Å². The summed E-state index contributed by atoms with van der Waals surface area (Å²) in [6, 6.07) is 7.70. The van der Waals surface area contributed by atoms with Crippen molar-refractivity contribution in [2.45, 2.75) is 6.92 Å². The third-order valence-electron chi connectivity index (χ3n) is 1.82. The third-order valence-corrected chi connectivity index (χ3v) is 2.76. The van der Waals surface area contributed by atoms with Crippen LogP contribution in [0.4, 0.5) is 0 Å². The Bertz CT molecular complexity index is 343. The maximum Gasteiger partial charge on any atom is 0.100 e. The van der Waals surface area contributed by atoms with E-state index in [1.807, 2.05) is 19.1 Å². The highest BCUT2D eigenvalue weighted by Crippen LogP contribution is 2.18. The minimum atomic E-state index is 0.0332. The van der Waals surface area contributed by atoms with Gasteiger partial charge in [-0.15, -0.1) is 0 Å². The second kappa shape index (κ2) is 4.58. The molecule has 0 unspecified atom stereocenters. The molecule has 1 aromatic rings. The molecule has 1 aromatic carbocycles. The number of aliphatic hydroxyl groups excluding tert-OH is 1. The molecular weight excluding hydrogens is 277 g/mol. The average Bonchev–Trinajstić information content (AvgIpc) is 2.17. The Hall–Kier alpha value is -0.600. The van der Waals surface area contributed by atoms with Crippen molar-refractivity contribution >= 4 is 22.6 Å². The summed E-state index contributed by atoms with van der Waals surface area (Å²) in [5.41, 5.74) is 1.59. The summed E-state index contributed by atoms with van der Waals surface area (Å²) >= 11 is 2.12. The van der Waals surface area contributed by atoms with Gasteiger partial charge in [0, 0.05) is 9.49 Å². The lowest BCUT2D eigenvalue weighted by molar-refractivity contribution is 0.315. The molecule has 0 atom stereocenters. The Kier molecular flexibility index (Phi) is 3.70. The van der Waals surface area contributed by atoms with Crippen molar-refractivity contribution in [3.63, 3.8) is 0 Å². The summed E-state index contributed by atoms with van der Waals surface area (Å²) in [5, 5.41) is 17.7. The molecule has 0 aromatic heterocycles. The summed E-state index contributed by atoms with van der Waals surface area (Å²) in [6.07, 6.45) is 0. The SMILES string of the molecule is C[C](CO)c1ccc(I)c(C#N)c1. The molecule has 0 aliphatic heterocycles. The van der Waals surface area contributed by atoms with E-state index >= 15 is 0 Å². The van der Waals surface area contributed by atoms with Gasteiger partial charge in [-0.1, -0.05) is 13.0 Å². The highest BCUT2D eigenvalue weighted by Gasteiger charge is 2.07. The van der Waals surface area contributed by atoms with E-state index < -0.39 is 0 Å². The van der Waals surface area contributed by atoms with Crippen LogP contribution in [-0.4, -0.2) is 11.7 Å². The van der Waals surface area contributed by atoms with Gasteiger partial charge in [-0.05, 0) is 40.3 Å². The molecule has 0 saturated carbocycles. The van der Waals surface area contributed by atoms with Crippen LogP contribution in [0.1, 0.15) is 18.1 Å². The number of nitriles is 1. The fraction of sp³-hybridized carbons (Fsp3) is 0.200. The first-order chi connectivity index (χ1) is 6.19. The van der Waals surface area contributed by atoms with Crippen LogP contribution in [0.5, 0.6) is 0 Å². The van der Waals surface area contributed by atoms with Crippen LogP contribution < -0.4 is 0 Å². The minimum absolute atomic E-state index is 0.0332. The van der Waals surface area contributed by atoms with E-state index in [0.717, 1.165) is 15.1 Å². The van der Waals surface area contributed by atoms with Gasteiger partial charge in [0.25, 0.3) is 0 Å². The molecule has 13 heavy (non-hydrogen) atoms. The molecule has 0 heterocycles. The van der Waals surface area contributed by atoms with E-state index in [1.165, 1.54) is 0 Å². The first-order valence-electron chi connectivity index (χ1n) is 3.82. The zero-order chi connectivity index (χ0) is 9.84. The summed E-state index contributed by atoms with van der Waals surface area (Å²) < 4.78 is 0.939. The summed E-state index contributed by atoms with van der Waals surface area (Å²) in [5.74, 6) is 0.882. The normalized spacial score (nSPS) is 10.1. The fourth-order valence-corrected chi connectivity index (χ4v) is 1.42. The molecule has 2 nitrogen and oxygen atoms in total. The molecule has 0 spiro atoms. The van der Waals surface area contributed by atoms with Crippen LogP contribution in [0.2, 0.25) is 0 Å². The minimum Gasteiger partial charge on any atom is -0.395 e. The van der Waals surface area contributed by atoms with Gasteiger partial charge in [0.2, 0.25) is 0 Å². The van der Waals surface area contributed by atoms with Crippen molar-refractivity contribution in [2.24, 2.45) is 0 Å². The lowest BCUT2D eigenvalue weighted by Crippen LogP contribution is -2.00. The van der Waals surface area contributed by atoms with Gasteiger partial charge >= 0.3 is 0 Å². The highest BCUT2D eigenvalue weighted by atomic mass is 127. The van der Waals surface area contributed by atoms with Crippen molar-refractivity contribution in [2.75, 3.05) is 6.61 Å². The fourth-order valence-electron chi connectivity index (χ4n) is 0.968. The Balaban J connectivity index is 3.08. The number of hydrogen-bond donors (Lipinski definition) is 1. The number of nitrogens with zero attached hydrogens (tertiary/aromatic N) is 1. The topological polar surface area (TPSA) is 44.0 Å². The molecule has 3 heteroatoms. The highest BCUT2D eigenvalue weighted by molar-refractivity contribution is 14.1. The van der Waals surface area contributed by atoms with Crippen LogP contribution in [0.3, 0.4) is 0 Å². The van der Waals surface area contributed by atoms with Gasteiger partial charge in [-0.25, -0.2) is 0 Å². The Morgan fingerprint density at radius 1 is 1.62 bits per heavy atom. The predicted octanol–water partition coefficient (Wildman–Crippen LogP) is 2.10. The van der Waals surface area contributed by atoms with E-state index in [9.17, 15) is 0 Å². The second-order valence-corrected chi connectivity index (χ2v) is 3.91. The lowest BCUT2D eigenvalue weighted by atomic mass is 10.0. The quantitative estimate of drug-likeness (QED) is 0.846. The van der Waals surface area contributed by atoms with Gasteiger partial charge in [-0.2, -0.15) is 5.26 Å². The summed E-state index contributed by atoms with van der Waals surface area (Å²) in [4.78, 5) is 0. The number of aliphatic hydroxyl groups is 1. The van der Waals surface area contributed by atoms with Crippen LogP contribution in [0.15, 0.2) is 18.2 Å². The lowest BCUT2D eigenvalue weighted by Gasteiger charge is -2.07. The Morgan fingerprint density at radius 3 is 2.85 bits per heavy atom. The molecule has 0 aliphatic carbocycles. The van der Waals surface area contributed by atoms with Crippen molar-refractivity contribution in [1.82, 2.24) is 0 Å². The summed E-state index contributed by atoms with van der Waals surface area (Å²) in [6.45, 7) is 1.88. The average molecular weight is 286 g/mol. The van der Waals surface area contributed by atoms with Crippen molar-refractivity contribution in [3.8, 4) is 6.07 Å². The molecule has 67 valence electrons. The molecule has 1 rings (SSSR count). The maximum atomic E-state index is 8.90. The molecular formula is C10H9INO. The van der Waals surface area contributed by atoms with Crippen LogP contribution in [0.25, 0.3) is 0 Å². The van der Waals surface area contributed by atoms with E-state index in [0.29, 0.717) is 5.56 Å². The first-order valence-corrected chi connectivity index (χ1v) is 4.90. The van der Waals surface area contributed by atoms with Crippen LogP contribution in [0, 0.1) is 20.8 Å². The maximum absolute atomic E-state index is 8.90. The first kappa shape index (κ1) is 10.5. The molecule has 0 bridgehead atoms. The monoisotopic (exact) mass is 286 g/mol. The number of halogens is 1. The van der Waals surface area contributed by atoms with E-state index in [-0.39, 0.29) is 6.61 Å². The number of hydrogen-bond acceptors (Lipinski definition) is 2. The van der Waals surface area contributed by atoms with Crippen LogP contribution in [-0.2, 0) is 0 Å². The van der Waals surface area contributed by atoms with Crippen molar-refractivity contribution < 1.29 is 5.11 Å². The molecule has 0 amide bonds. The smallest absolute Gasteiger partial charge is 0.100 e. The zero-order valence-electron chi connectivity index (χ0n) is 7.21. The Labute approximate surface area is 91.3 Å². The summed E-state index contributed by atoms with van der Waals surface area (Å²) in [7, 11) is 0. The van der Waals surface area contributed by atoms with Gasteiger partial charge < -0.3 is 5.11 Å².